The molecule has 0 aliphatic carbocycles. The molecule has 0 aromatic heterocycles. The average molecular weight is 268 g/mol. The van der Waals surface area contributed by atoms with E-state index in [1.807, 2.05) is 19.1 Å². The number of amides is 1. The van der Waals surface area contributed by atoms with E-state index < -0.39 is 0 Å². The van der Waals surface area contributed by atoms with E-state index in [1.165, 1.54) is 0 Å². The van der Waals surface area contributed by atoms with E-state index in [1.54, 1.807) is 36.4 Å². The molecular weight excluding hydrogens is 252 g/mol. The Hall–Kier alpha value is -2.62. The zero-order valence-electron chi connectivity index (χ0n) is 11.2. The number of Topliss-reactive ketones (excluding diaryl/α,β-unsaturated/α-hetero) is 1. The van der Waals surface area contributed by atoms with Crippen LogP contribution in [0.4, 0.5) is 5.69 Å². The maximum Gasteiger partial charge on any atom is 0.253 e. The third-order valence-electron chi connectivity index (χ3n) is 3.06. The Morgan fingerprint density at radius 2 is 1.60 bits per heavy atom. The summed E-state index contributed by atoms with van der Waals surface area (Å²) in [7, 11) is 0. The SMILES string of the molecule is Cc1ccccc1C(=O)CNC(=O)c1ccccc1N. The van der Waals surface area contributed by atoms with Crippen molar-refractivity contribution in [3.63, 3.8) is 0 Å². The number of nitrogens with two attached hydrogens (primary N) is 1. The van der Waals surface area contributed by atoms with Crippen molar-refractivity contribution >= 4 is 17.4 Å². The molecule has 0 atom stereocenters. The van der Waals surface area contributed by atoms with Crippen LogP contribution >= 0.6 is 0 Å². The number of hydrogen-bond donors (Lipinski definition) is 2. The molecule has 0 aliphatic heterocycles. The van der Waals surface area contributed by atoms with Crippen molar-refractivity contribution in [2.24, 2.45) is 0 Å². The summed E-state index contributed by atoms with van der Waals surface area (Å²) in [4.78, 5) is 24.0. The fourth-order valence-corrected chi connectivity index (χ4v) is 1.94. The Balaban J connectivity index is 2.03. The first-order chi connectivity index (χ1) is 9.59. The Morgan fingerprint density at radius 1 is 1.00 bits per heavy atom. The molecule has 2 aromatic carbocycles. The molecule has 0 unspecified atom stereocenters. The maximum absolute atomic E-state index is 12.0. The molecule has 0 fully saturated rings. The molecule has 2 aromatic rings. The summed E-state index contributed by atoms with van der Waals surface area (Å²) in [6.07, 6.45) is 0. The van der Waals surface area contributed by atoms with E-state index in [0.29, 0.717) is 16.8 Å². The molecule has 0 bridgehead atoms. The highest BCUT2D eigenvalue weighted by Crippen LogP contribution is 2.10. The predicted molar refractivity (Wildman–Crippen MR) is 78.7 cm³/mol. The summed E-state index contributed by atoms with van der Waals surface area (Å²) in [5, 5.41) is 2.60. The van der Waals surface area contributed by atoms with Crippen LogP contribution in [-0.2, 0) is 0 Å². The van der Waals surface area contributed by atoms with Crippen LogP contribution in [0, 0.1) is 6.92 Å². The first kappa shape index (κ1) is 13.8. The summed E-state index contributed by atoms with van der Waals surface area (Å²) >= 11 is 0. The fraction of sp³-hybridized carbons (Fsp3) is 0.125. The average Bonchev–Trinajstić information content (AvgIpc) is 2.45. The third kappa shape index (κ3) is 3.03. The van der Waals surface area contributed by atoms with Crippen molar-refractivity contribution in [2.75, 3.05) is 12.3 Å². The Kier molecular flexibility index (Phi) is 4.15. The number of nitrogen functional groups attached to an aromatic ring is 1. The van der Waals surface area contributed by atoms with Gasteiger partial charge in [0.1, 0.15) is 0 Å². The van der Waals surface area contributed by atoms with Crippen LogP contribution in [-0.4, -0.2) is 18.2 Å². The number of rotatable bonds is 4. The standard InChI is InChI=1S/C16H16N2O2/c1-11-6-2-3-7-12(11)15(19)10-18-16(20)13-8-4-5-9-14(13)17/h2-9H,10,17H2,1H3,(H,18,20). The van der Waals surface area contributed by atoms with Crippen molar-refractivity contribution in [3.8, 4) is 0 Å². The van der Waals surface area contributed by atoms with Gasteiger partial charge in [0.25, 0.3) is 5.91 Å². The summed E-state index contributed by atoms with van der Waals surface area (Å²) in [5.41, 5.74) is 8.01. The maximum atomic E-state index is 12.0. The second kappa shape index (κ2) is 6.02. The molecule has 20 heavy (non-hydrogen) atoms. The highest BCUT2D eigenvalue weighted by molar-refractivity contribution is 6.04. The zero-order chi connectivity index (χ0) is 14.5. The predicted octanol–water partition coefficient (Wildman–Crippen LogP) is 2.19. The van der Waals surface area contributed by atoms with Gasteiger partial charge >= 0.3 is 0 Å². The minimum Gasteiger partial charge on any atom is -0.398 e. The summed E-state index contributed by atoms with van der Waals surface area (Å²) in [6, 6.07) is 14.1. The van der Waals surface area contributed by atoms with Crippen LogP contribution in [0.15, 0.2) is 48.5 Å². The van der Waals surface area contributed by atoms with E-state index in [2.05, 4.69) is 5.32 Å². The van der Waals surface area contributed by atoms with Gasteiger partial charge in [-0.05, 0) is 24.6 Å². The minimum atomic E-state index is -0.343. The smallest absolute Gasteiger partial charge is 0.253 e. The quantitative estimate of drug-likeness (QED) is 0.659. The first-order valence-electron chi connectivity index (χ1n) is 6.31. The van der Waals surface area contributed by atoms with Crippen molar-refractivity contribution in [2.45, 2.75) is 6.92 Å². The third-order valence-corrected chi connectivity index (χ3v) is 3.06. The number of para-hydroxylation sites is 1. The molecule has 0 radical (unpaired) electrons. The zero-order valence-corrected chi connectivity index (χ0v) is 11.2. The molecule has 0 saturated carbocycles. The van der Waals surface area contributed by atoms with Crippen molar-refractivity contribution in [3.05, 3.63) is 65.2 Å². The monoisotopic (exact) mass is 268 g/mol. The van der Waals surface area contributed by atoms with Gasteiger partial charge < -0.3 is 11.1 Å². The molecule has 4 nitrogen and oxygen atoms in total. The summed E-state index contributed by atoms with van der Waals surface area (Å²) in [6.45, 7) is 1.82. The Morgan fingerprint density at radius 3 is 2.25 bits per heavy atom. The number of anilines is 1. The van der Waals surface area contributed by atoms with Gasteiger partial charge in [0, 0.05) is 11.3 Å². The second-order valence-corrected chi connectivity index (χ2v) is 4.51. The van der Waals surface area contributed by atoms with Gasteiger partial charge in [0.05, 0.1) is 12.1 Å². The van der Waals surface area contributed by atoms with Gasteiger partial charge in [0.15, 0.2) is 5.78 Å². The second-order valence-electron chi connectivity index (χ2n) is 4.51. The van der Waals surface area contributed by atoms with Crippen LogP contribution in [0.2, 0.25) is 0 Å². The van der Waals surface area contributed by atoms with Gasteiger partial charge in [0.2, 0.25) is 0 Å². The first-order valence-corrected chi connectivity index (χ1v) is 6.31. The van der Waals surface area contributed by atoms with Gasteiger partial charge in [-0.1, -0.05) is 36.4 Å². The lowest BCUT2D eigenvalue weighted by Crippen LogP contribution is -2.30. The molecule has 4 heteroatoms. The van der Waals surface area contributed by atoms with Crippen LogP contribution in [0.5, 0.6) is 0 Å². The normalized spacial score (nSPS) is 10.1. The minimum absolute atomic E-state index is 0.0436. The van der Waals surface area contributed by atoms with E-state index >= 15 is 0 Å². The molecule has 1 amide bonds. The van der Waals surface area contributed by atoms with E-state index in [9.17, 15) is 9.59 Å². The van der Waals surface area contributed by atoms with Gasteiger partial charge in [-0.25, -0.2) is 0 Å². The molecule has 0 heterocycles. The van der Waals surface area contributed by atoms with Crippen LogP contribution in [0.3, 0.4) is 0 Å². The number of aryl methyl sites for hydroxylation is 1. The van der Waals surface area contributed by atoms with Gasteiger partial charge in [-0.3, -0.25) is 9.59 Å². The van der Waals surface area contributed by atoms with Crippen molar-refractivity contribution < 1.29 is 9.59 Å². The Bertz CT molecular complexity index is 593. The Labute approximate surface area is 117 Å². The number of carbonyl (C=O) groups excluding carboxylic acids is 2. The number of hydrogen-bond acceptors (Lipinski definition) is 3. The van der Waals surface area contributed by atoms with Crippen LogP contribution in [0.1, 0.15) is 26.3 Å². The molecular formula is C16H16N2O2. The van der Waals surface area contributed by atoms with Crippen LogP contribution < -0.4 is 11.1 Å². The lowest BCUT2D eigenvalue weighted by molar-refractivity contribution is 0.0904. The molecule has 0 saturated heterocycles. The molecule has 0 spiro atoms. The van der Waals surface area contributed by atoms with Crippen molar-refractivity contribution in [1.29, 1.82) is 0 Å². The lowest BCUT2D eigenvalue weighted by Gasteiger charge is -2.08. The van der Waals surface area contributed by atoms with Crippen LogP contribution in [0.25, 0.3) is 0 Å². The van der Waals surface area contributed by atoms with Gasteiger partial charge in [-0.2, -0.15) is 0 Å². The highest BCUT2D eigenvalue weighted by Gasteiger charge is 2.12. The van der Waals surface area contributed by atoms with Crippen molar-refractivity contribution in [1.82, 2.24) is 5.32 Å². The van der Waals surface area contributed by atoms with E-state index in [0.717, 1.165) is 5.56 Å². The molecule has 0 aliphatic rings. The fourth-order valence-electron chi connectivity index (χ4n) is 1.94. The molecule has 2 rings (SSSR count). The molecule has 102 valence electrons. The number of nitrogens with one attached hydrogen (secondary N) is 1. The lowest BCUT2D eigenvalue weighted by atomic mass is 10.0. The molecule has 3 N–H and O–H groups in total. The highest BCUT2D eigenvalue weighted by atomic mass is 16.2. The largest absolute Gasteiger partial charge is 0.398 e. The number of ketones is 1. The van der Waals surface area contributed by atoms with E-state index in [-0.39, 0.29) is 18.2 Å². The number of benzene rings is 2. The number of carbonyl (C=O) groups is 2. The summed E-state index contributed by atoms with van der Waals surface area (Å²) in [5.74, 6) is -0.462. The van der Waals surface area contributed by atoms with E-state index in [4.69, 9.17) is 5.73 Å². The topological polar surface area (TPSA) is 72.2 Å². The van der Waals surface area contributed by atoms with Gasteiger partial charge in [-0.15, -0.1) is 0 Å². The summed E-state index contributed by atoms with van der Waals surface area (Å²) < 4.78 is 0.